The molecule has 0 saturated heterocycles. The monoisotopic (exact) mass is 324 g/mol. The van der Waals surface area contributed by atoms with Crippen LogP contribution in [0.5, 0.6) is 0 Å². The van der Waals surface area contributed by atoms with Gasteiger partial charge in [-0.25, -0.2) is 13.6 Å². The van der Waals surface area contributed by atoms with Gasteiger partial charge in [0.2, 0.25) is 0 Å². The molecule has 1 aromatic heterocycles. The van der Waals surface area contributed by atoms with Crippen LogP contribution in [0.15, 0.2) is 36.7 Å². The Labute approximate surface area is 132 Å². The second kappa shape index (κ2) is 8.23. The van der Waals surface area contributed by atoms with Gasteiger partial charge in [-0.3, -0.25) is 4.68 Å². The van der Waals surface area contributed by atoms with E-state index in [9.17, 15) is 18.7 Å². The number of hydrogen-bond acceptors (Lipinski definition) is 3. The van der Waals surface area contributed by atoms with E-state index in [1.165, 1.54) is 6.07 Å². The number of aromatic nitrogens is 2. The Kier molecular flexibility index (Phi) is 6.04. The molecule has 6 nitrogen and oxygen atoms in total. The first-order chi connectivity index (χ1) is 11.1. The number of hydrogen-bond donors (Lipinski definition) is 3. The van der Waals surface area contributed by atoms with Crippen molar-refractivity contribution in [3.8, 4) is 0 Å². The number of nitrogens with one attached hydrogen (secondary N) is 2. The molecule has 0 fully saturated rings. The summed E-state index contributed by atoms with van der Waals surface area (Å²) in [7, 11) is 0. The molecule has 0 bridgehead atoms. The van der Waals surface area contributed by atoms with Gasteiger partial charge in [-0.1, -0.05) is 6.07 Å². The zero-order valence-electron chi connectivity index (χ0n) is 12.4. The lowest BCUT2D eigenvalue weighted by molar-refractivity contribution is 0.172. The van der Waals surface area contributed by atoms with Crippen molar-refractivity contribution < 1.29 is 18.7 Å². The summed E-state index contributed by atoms with van der Waals surface area (Å²) in [6.07, 6.45) is 3.11. The van der Waals surface area contributed by atoms with Gasteiger partial charge in [0.25, 0.3) is 0 Å². The van der Waals surface area contributed by atoms with E-state index in [0.29, 0.717) is 19.5 Å². The number of urea groups is 1. The van der Waals surface area contributed by atoms with E-state index in [1.54, 1.807) is 10.9 Å². The highest BCUT2D eigenvalue weighted by Gasteiger charge is 2.12. The summed E-state index contributed by atoms with van der Waals surface area (Å²) in [5, 5.41) is 19.0. The molecule has 23 heavy (non-hydrogen) atoms. The fourth-order valence-electron chi connectivity index (χ4n) is 1.97. The number of aliphatic hydroxyl groups is 1. The minimum Gasteiger partial charge on any atom is -0.387 e. The molecule has 1 aromatic carbocycles. The van der Waals surface area contributed by atoms with Crippen LogP contribution in [0.25, 0.3) is 0 Å². The first-order valence-corrected chi connectivity index (χ1v) is 7.18. The lowest BCUT2D eigenvalue weighted by atomic mass is 10.1. The highest BCUT2D eigenvalue weighted by molar-refractivity contribution is 5.73. The quantitative estimate of drug-likeness (QED) is 0.677. The lowest BCUT2D eigenvalue weighted by Crippen LogP contribution is -2.38. The van der Waals surface area contributed by atoms with Crippen molar-refractivity contribution in [1.82, 2.24) is 20.4 Å². The molecule has 3 N–H and O–H groups in total. The summed E-state index contributed by atoms with van der Waals surface area (Å²) < 4.78 is 27.6. The topological polar surface area (TPSA) is 79.2 Å². The van der Waals surface area contributed by atoms with Gasteiger partial charge in [-0.15, -0.1) is 0 Å². The van der Waals surface area contributed by atoms with Crippen LogP contribution >= 0.6 is 0 Å². The van der Waals surface area contributed by atoms with Crippen molar-refractivity contribution >= 4 is 6.03 Å². The molecular weight excluding hydrogens is 306 g/mol. The average Bonchev–Trinajstić information content (AvgIpc) is 3.05. The van der Waals surface area contributed by atoms with Gasteiger partial charge < -0.3 is 15.7 Å². The number of halogens is 2. The van der Waals surface area contributed by atoms with E-state index in [-0.39, 0.29) is 12.1 Å². The smallest absolute Gasteiger partial charge is 0.314 e. The minimum atomic E-state index is -1.11. The van der Waals surface area contributed by atoms with Crippen molar-refractivity contribution in [1.29, 1.82) is 0 Å². The van der Waals surface area contributed by atoms with Gasteiger partial charge in [0.1, 0.15) is 0 Å². The third-order valence-electron chi connectivity index (χ3n) is 3.19. The third kappa shape index (κ3) is 5.33. The van der Waals surface area contributed by atoms with Crippen LogP contribution in [0, 0.1) is 11.6 Å². The van der Waals surface area contributed by atoms with E-state index in [1.807, 2.05) is 12.3 Å². The molecule has 2 amide bonds. The number of aryl methyl sites for hydroxylation is 1. The normalized spacial score (nSPS) is 12.0. The molecule has 0 saturated carbocycles. The Hall–Kier alpha value is -2.48. The molecule has 8 heteroatoms. The second-order valence-electron chi connectivity index (χ2n) is 4.95. The molecule has 0 radical (unpaired) electrons. The van der Waals surface area contributed by atoms with Crippen LogP contribution in [0.2, 0.25) is 0 Å². The fraction of sp³-hybridized carbons (Fsp3) is 0.333. The summed E-state index contributed by atoms with van der Waals surface area (Å²) in [5.74, 6) is -2.02. The van der Waals surface area contributed by atoms with Gasteiger partial charge >= 0.3 is 6.03 Å². The molecule has 1 unspecified atom stereocenters. The molecule has 0 aliphatic heterocycles. The Morgan fingerprint density at radius 1 is 1.30 bits per heavy atom. The van der Waals surface area contributed by atoms with E-state index < -0.39 is 23.8 Å². The van der Waals surface area contributed by atoms with E-state index in [2.05, 4.69) is 15.7 Å². The van der Waals surface area contributed by atoms with Crippen LogP contribution in [0.3, 0.4) is 0 Å². The van der Waals surface area contributed by atoms with E-state index >= 15 is 0 Å². The van der Waals surface area contributed by atoms with Crippen molar-refractivity contribution in [3.05, 3.63) is 53.9 Å². The van der Waals surface area contributed by atoms with Gasteiger partial charge in [0, 0.05) is 32.0 Å². The number of rotatable bonds is 7. The summed E-state index contributed by atoms with van der Waals surface area (Å²) in [6, 6.07) is 4.49. The molecule has 2 rings (SSSR count). The number of carbonyl (C=O) groups excluding carboxylic acids is 1. The Balaban J connectivity index is 1.66. The first kappa shape index (κ1) is 16.9. The fourth-order valence-corrected chi connectivity index (χ4v) is 1.97. The van der Waals surface area contributed by atoms with Crippen molar-refractivity contribution in [2.75, 3.05) is 13.1 Å². The first-order valence-electron chi connectivity index (χ1n) is 7.18. The van der Waals surface area contributed by atoms with Crippen molar-refractivity contribution in [2.45, 2.75) is 19.1 Å². The second-order valence-corrected chi connectivity index (χ2v) is 4.95. The van der Waals surface area contributed by atoms with Crippen molar-refractivity contribution in [3.63, 3.8) is 0 Å². The molecule has 0 spiro atoms. The number of amides is 2. The number of aliphatic hydroxyl groups excluding tert-OH is 1. The zero-order chi connectivity index (χ0) is 16.7. The molecular formula is C15H18F2N4O2. The largest absolute Gasteiger partial charge is 0.387 e. The molecule has 0 aliphatic rings. The zero-order valence-corrected chi connectivity index (χ0v) is 12.4. The van der Waals surface area contributed by atoms with Gasteiger partial charge in [-0.05, 0) is 30.2 Å². The summed E-state index contributed by atoms with van der Waals surface area (Å²) >= 11 is 0. The summed E-state index contributed by atoms with van der Waals surface area (Å²) in [6.45, 7) is 1.04. The lowest BCUT2D eigenvalue weighted by Gasteiger charge is -2.13. The minimum absolute atomic E-state index is 0.101. The predicted molar refractivity (Wildman–Crippen MR) is 79.6 cm³/mol. The maximum atomic E-state index is 13.1. The maximum Gasteiger partial charge on any atom is 0.314 e. The molecule has 2 aromatic rings. The Bertz CT molecular complexity index is 634. The highest BCUT2D eigenvalue weighted by atomic mass is 19.2. The summed E-state index contributed by atoms with van der Waals surface area (Å²) in [4.78, 5) is 11.6. The van der Waals surface area contributed by atoms with Crippen molar-refractivity contribution in [2.24, 2.45) is 0 Å². The van der Waals surface area contributed by atoms with Crippen LogP contribution in [-0.2, 0) is 6.54 Å². The van der Waals surface area contributed by atoms with Crippen LogP contribution in [0.1, 0.15) is 18.1 Å². The Morgan fingerprint density at radius 2 is 2.13 bits per heavy atom. The molecule has 1 atom stereocenters. The SMILES string of the molecule is O=C(NCCCn1cccn1)NCC(O)c1ccc(F)c(F)c1. The maximum absolute atomic E-state index is 13.1. The van der Waals surface area contributed by atoms with Crippen LogP contribution < -0.4 is 10.6 Å². The predicted octanol–water partition coefficient (Wildman–Crippen LogP) is 1.58. The number of benzene rings is 1. The molecule has 124 valence electrons. The van der Waals surface area contributed by atoms with Gasteiger partial charge in [0.05, 0.1) is 6.10 Å². The Morgan fingerprint density at radius 3 is 2.83 bits per heavy atom. The van der Waals surface area contributed by atoms with Crippen LogP contribution in [0.4, 0.5) is 13.6 Å². The number of nitrogens with zero attached hydrogens (tertiary/aromatic N) is 2. The summed E-state index contributed by atoms with van der Waals surface area (Å²) in [5.41, 5.74) is 0.197. The van der Waals surface area contributed by atoms with Gasteiger partial charge in [-0.2, -0.15) is 5.10 Å². The van der Waals surface area contributed by atoms with Crippen LogP contribution in [-0.4, -0.2) is 34.0 Å². The van der Waals surface area contributed by atoms with Gasteiger partial charge in [0.15, 0.2) is 11.6 Å². The number of carbonyl (C=O) groups is 1. The highest BCUT2D eigenvalue weighted by Crippen LogP contribution is 2.15. The standard InChI is InChI=1S/C15H18F2N4O2/c16-12-4-3-11(9-13(12)17)14(22)10-19-15(23)18-5-1-7-21-8-2-6-20-21/h2-4,6,8-9,14,22H,1,5,7,10H2,(H2,18,19,23). The van der Waals surface area contributed by atoms with E-state index in [0.717, 1.165) is 12.1 Å². The molecule has 0 aliphatic carbocycles. The average molecular weight is 324 g/mol. The van der Waals surface area contributed by atoms with E-state index in [4.69, 9.17) is 0 Å². The molecule has 1 heterocycles. The third-order valence-corrected chi connectivity index (χ3v) is 3.19.